The van der Waals surface area contributed by atoms with Crippen LogP contribution in [0.15, 0.2) is 52.9 Å². The summed E-state index contributed by atoms with van der Waals surface area (Å²) in [6.45, 7) is 1.86. The van der Waals surface area contributed by atoms with E-state index in [1.807, 2.05) is 19.1 Å². The molecule has 1 aliphatic carbocycles. The third-order valence-electron chi connectivity index (χ3n) is 4.85. The highest BCUT2D eigenvalue weighted by molar-refractivity contribution is 8.02. The Kier molecular flexibility index (Phi) is 6.10. The zero-order chi connectivity index (χ0) is 20.2. The van der Waals surface area contributed by atoms with E-state index in [1.165, 1.54) is 40.3 Å². The summed E-state index contributed by atoms with van der Waals surface area (Å²) in [6, 6.07) is 14.8. The first-order chi connectivity index (χ1) is 14.1. The second-order valence-corrected chi connectivity index (χ2v) is 9.46. The summed E-state index contributed by atoms with van der Waals surface area (Å²) < 4.78 is 14.4. The lowest BCUT2D eigenvalue weighted by molar-refractivity contribution is -0.121. The highest BCUT2D eigenvalue weighted by atomic mass is 32.2. The maximum atomic E-state index is 13.8. The Morgan fingerprint density at radius 1 is 1.21 bits per heavy atom. The summed E-state index contributed by atoms with van der Waals surface area (Å²) in [6.07, 6.45) is 3.09. The van der Waals surface area contributed by atoms with Crippen LogP contribution in [0, 0.1) is 5.82 Å². The van der Waals surface area contributed by atoms with Crippen LogP contribution in [0.1, 0.15) is 36.9 Å². The molecule has 0 fully saturated rings. The molecule has 0 saturated carbocycles. The first kappa shape index (κ1) is 19.8. The number of amides is 1. The minimum atomic E-state index is -0.350. The van der Waals surface area contributed by atoms with Crippen LogP contribution < -0.4 is 10.6 Å². The van der Waals surface area contributed by atoms with Crippen molar-refractivity contribution in [2.75, 3.05) is 5.32 Å². The Balaban J connectivity index is 1.36. The monoisotopic (exact) mass is 428 g/mol. The Labute approximate surface area is 177 Å². The molecule has 29 heavy (non-hydrogen) atoms. The van der Waals surface area contributed by atoms with Crippen molar-refractivity contribution >= 4 is 39.8 Å². The molecule has 0 radical (unpaired) electrons. The number of rotatable bonds is 6. The van der Waals surface area contributed by atoms with E-state index in [0.29, 0.717) is 15.2 Å². The largest absolute Gasteiger partial charge is 0.348 e. The molecule has 1 aliphatic rings. The Morgan fingerprint density at radius 3 is 2.86 bits per heavy atom. The van der Waals surface area contributed by atoms with Gasteiger partial charge in [0.2, 0.25) is 11.0 Å². The molecule has 0 aliphatic heterocycles. The van der Waals surface area contributed by atoms with Crippen molar-refractivity contribution in [3.05, 3.63) is 65.5 Å². The third kappa shape index (κ3) is 4.76. The number of aryl methyl sites for hydroxylation is 1. The number of hydrogen-bond acceptors (Lipinski definition) is 6. The molecule has 5 nitrogen and oxygen atoms in total. The van der Waals surface area contributed by atoms with Crippen molar-refractivity contribution in [3.63, 3.8) is 0 Å². The summed E-state index contributed by atoms with van der Waals surface area (Å²) in [5.41, 5.74) is 2.89. The summed E-state index contributed by atoms with van der Waals surface area (Å²) in [5.74, 6) is -0.368. The van der Waals surface area contributed by atoms with Gasteiger partial charge in [0, 0.05) is 0 Å². The Hall–Kier alpha value is -2.45. The first-order valence-corrected chi connectivity index (χ1v) is 11.2. The average molecular weight is 429 g/mol. The number of aromatic nitrogens is 2. The normalized spacial score (nSPS) is 16.7. The van der Waals surface area contributed by atoms with Gasteiger partial charge in [-0.15, -0.1) is 10.2 Å². The second-order valence-electron chi connectivity index (χ2n) is 6.89. The molecule has 1 heterocycles. The van der Waals surface area contributed by atoms with Crippen LogP contribution in [0.3, 0.4) is 0 Å². The van der Waals surface area contributed by atoms with E-state index < -0.39 is 0 Å². The maximum absolute atomic E-state index is 13.8. The number of halogens is 1. The molecule has 2 aromatic carbocycles. The lowest BCUT2D eigenvalue weighted by Gasteiger charge is -2.27. The summed E-state index contributed by atoms with van der Waals surface area (Å²) in [5, 5.41) is 14.5. The predicted molar refractivity (Wildman–Crippen MR) is 115 cm³/mol. The molecular weight excluding hydrogens is 407 g/mol. The zero-order valence-electron chi connectivity index (χ0n) is 15.9. The molecule has 0 saturated heterocycles. The minimum absolute atomic E-state index is 0.0180. The minimum Gasteiger partial charge on any atom is -0.348 e. The summed E-state index contributed by atoms with van der Waals surface area (Å²) in [4.78, 5) is 12.7. The number of nitrogens with one attached hydrogen (secondary N) is 2. The highest BCUT2D eigenvalue weighted by Crippen LogP contribution is 2.33. The van der Waals surface area contributed by atoms with Crippen molar-refractivity contribution in [2.45, 2.75) is 41.8 Å². The topological polar surface area (TPSA) is 66.9 Å². The molecule has 3 aromatic rings. The van der Waals surface area contributed by atoms with Crippen LogP contribution in [0.4, 0.5) is 15.2 Å². The van der Waals surface area contributed by atoms with E-state index >= 15 is 0 Å². The van der Waals surface area contributed by atoms with Gasteiger partial charge in [0.15, 0.2) is 4.34 Å². The van der Waals surface area contributed by atoms with E-state index in [4.69, 9.17) is 0 Å². The molecule has 150 valence electrons. The van der Waals surface area contributed by atoms with Gasteiger partial charge in [-0.1, -0.05) is 59.5 Å². The first-order valence-electron chi connectivity index (χ1n) is 9.50. The Bertz CT molecular complexity index is 1010. The van der Waals surface area contributed by atoms with Crippen molar-refractivity contribution in [3.8, 4) is 0 Å². The van der Waals surface area contributed by atoms with Crippen molar-refractivity contribution < 1.29 is 9.18 Å². The van der Waals surface area contributed by atoms with Crippen molar-refractivity contribution in [1.29, 1.82) is 0 Å². The average Bonchev–Trinajstić information content (AvgIpc) is 3.17. The third-order valence-corrected chi connectivity index (χ3v) is 6.88. The van der Waals surface area contributed by atoms with Crippen molar-refractivity contribution in [2.24, 2.45) is 0 Å². The highest BCUT2D eigenvalue weighted by Gasteiger charge is 2.24. The number of anilines is 2. The fourth-order valence-corrected chi connectivity index (χ4v) is 5.30. The predicted octanol–water partition coefficient (Wildman–Crippen LogP) is 5.10. The van der Waals surface area contributed by atoms with Crippen molar-refractivity contribution in [1.82, 2.24) is 15.5 Å². The second kappa shape index (κ2) is 8.92. The van der Waals surface area contributed by atoms with Gasteiger partial charge in [-0.05, 0) is 49.4 Å². The fourth-order valence-electron chi connectivity index (χ4n) is 3.38. The standard InChI is InChI=1S/C21H21FN4OS2/c1-13(19(27)23-17-12-6-8-14-7-2-3-9-15(14)17)28-21-26-25-20(29-21)24-18-11-5-4-10-16(18)22/h2-5,7,9-11,13,17H,6,8,12H2,1H3,(H,23,27)(H,24,25)/t13-,17-/m1/s1. The van der Waals surface area contributed by atoms with E-state index in [9.17, 15) is 9.18 Å². The smallest absolute Gasteiger partial charge is 0.233 e. The number of benzene rings is 2. The lowest BCUT2D eigenvalue weighted by Crippen LogP contribution is -2.35. The van der Waals surface area contributed by atoms with Crippen LogP contribution in [-0.4, -0.2) is 21.4 Å². The zero-order valence-corrected chi connectivity index (χ0v) is 17.5. The summed E-state index contributed by atoms with van der Waals surface area (Å²) in [7, 11) is 0. The van der Waals surface area contributed by atoms with Crippen LogP contribution in [-0.2, 0) is 11.2 Å². The van der Waals surface area contributed by atoms with Crippen LogP contribution in [0.2, 0.25) is 0 Å². The number of nitrogens with zero attached hydrogens (tertiary/aromatic N) is 2. The van der Waals surface area contributed by atoms with E-state index in [2.05, 4.69) is 33.0 Å². The number of para-hydroxylation sites is 1. The van der Waals surface area contributed by atoms with Gasteiger partial charge in [0.1, 0.15) is 5.82 Å². The van der Waals surface area contributed by atoms with E-state index in [1.54, 1.807) is 18.2 Å². The number of carbonyl (C=O) groups is 1. The van der Waals surface area contributed by atoms with Gasteiger partial charge >= 0.3 is 0 Å². The number of fused-ring (bicyclic) bond motifs is 1. The molecule has 0 bridgehead atoms. The number of thioether (sulfide) groups is 1. The summed E-state index contributed by atoms with van der Waals surface area (Å²) >= 11 is 2.66. The molecule has 2 atom stereocenters. The van der Waals surface area contributed by atoms with Crippen LogP contribution >= 0.6 is 23.1 Å². The molecule has 4 rings (SSSR count). The SMILES string of the molecule is C[C@@H](Sc1nnc(Nc2ccccc2F)s1)C(=O)N[C@@H]1CCCc2ccccc21. The van der Waals surface area contributed by atoms with Gasteiger partial charge in [0.25, 0.3) is 0 Å². The number of carbonyl (C=O) groups excluding carboxylic acids is 1. The van der Waals surface area contributed by atoms with Gasteiger partial charge in [-0.3, -0.25) is 4.79 Å². The van der Waals surface area contributed by atoms with Crippen LogP contribution in [0.25, 0.3) is 0 Å². The van der Waals surface area contributed by atoms with Gasteiger partial charge in [-0.2, -0.15) is 0 Å². The molecule has 8 heteroatoms. The molecule has 0 spiro atoms. The maximum Gasteiger partial charge on any atom is 0.233 e. The molecule has 2 N–H and O–H groups in total. The van der Waals surface area contributed by atoms with Gasteiger partial charge in [0.05, 0.1) is 17.0 Å². The number of hydrogen-bond donors (Lipinski definition) is 2. The van der Waals surface area contributed by atoms with Crippen LogP contribution in [0.5, 0.6) is 0 Å². The van der Waals surface area contributed by atoms with E-state index in [-0.39, 0.29) is 23.0 Å². The molecular formula is C21H21FN4OS2. The fraction of sp³-hybridized carbons (Fsp3) is 0.286. The Morgan fingerprint density at radius 2 is 2.00 bits per heavy atom. The van der Waals surface area contributed by atoms with Gasteiger partial charge in [-0.25, -0.2) is 4.39 Å². The molecule has 1 aromatic heterocycles. The quantitative estimate of drug-likeness (QED) is 0.535. The van der Waals surface area contributed by atoms with Gasteiger partial charge < -0.3 is 10.6 Å². The lowest BCUT2D eigenvalue weighted by atomic mass is 9.88. The van der Waals surface area contributed by atoms with E-state index in [0.717, 1.165) is 19.3 Å². The molecule has 1 amide bonds. The molecule has 0 unspecified atom stereocenters.